The average Bonchev–Trinajstić information content (AvgIpc) is 2.71. The van der Waals surface area contributed by atoms with Crippen LogP contribution in [0.1, 0.15) is 41.4 Å². The quantitative estimate of drug-likeness (QED) is 0.726. The highest BCUT2D eigenvalue weighted by molar-refractivity contribution is 5.93. The van der Waals surface area contributed by atoms with Crippen LogP contribution < -0.4 is 0 Å². The Morgan fingerprint density at radius 3 is 2.89 bits per heavy atom. The molecule has 1 saturated heterocycles. The van der Waals surface area contributed by atoms with Crippen LogP contribution in [-0.2, 0) is 6.42 Å². The number of aromatic nitrogens is 1. The number of hydrogen-bond acceptors (Lipinski definition) is 3. The fourth-order valence-electron chi connectivity index (χ4n) is 3.93. The zero-order valence-electron chi connectivity index (χ0n) is 16.9. The van der Waals surface area contributed by atoms with Crippen molar-refractivity contribution in [2.75, 3.05) is 32.7 Å². The highest BCUT2D eigenvalue weighted by atomic mass is 19.1. The largest absolute Gasteiger partial charge is 0.339 e. The first-order valence-electron chi connectivity index (χ1n) is 10.2. The molecular formula is C23H30FN3O. The van der Waals surface area contributed by atoms with Crippen LogP contribution >= 0.6 is 0 Å². The fourth-order valence-corrected chi connectivity index (χ4v) is 3.93. The maximum atomic E-state index is 13.4. The molecule has 1 aliphatic rings. The van der Waals surface area contributed by atoms with Crippen LogP contribution in [0, 0.1) is 18.7 Å². The van der Waals surface area contributed by atoms with Crippen molar-refractivity contribution >= 4 is 5.91 Å². The van der Waals surface area contributed by atoms with Gasteiger partial charge in [0.15, 0.2) is 0 Å². The van der Waals surface area contributed by atoms with E-state index in [9.17, 15) is 9.18 Å². The summed E-state index contributed by atoms with van der Waals surface area (Å²) < 4.78 is 13.4. The first-order valence-corrected chi connectivity index (χ1v) is 10.2. The van der Waals surface area contributed by atoms with Gasteiger partial charge in [0, 0.05) is 38.1 Å². The van der Waals surface area contributed by atoms with Crippen LogP contribution in [0.2, 0.25) is 0 Å². The van der Waals surface area contributed by atoms with Gasteiger partial charge in [-0.1, -0.05) is 12.1 Å². The molecule has 5 heteroatoms. The molecule has 0 aliphatic carbocycles. The lowest BCUT2D eigenvalue weighted by Gasteiger charge is -2.35. The van der Waals surface area contributed by atoms with Crippen molar-refractivity contribution < 1.29 is 9.18 Å². The van der Waals surface area contributed by atoms with Gasteiger partial charge in [-0.25, -0.2) is 4.39 Å². The number of carbonyl (C=O) groups excluding carboxylic acids is 1. The maximum Gasteiger partial charge on any atom is 0.255 e. The second-order valence-electron chi connectivity index (χ2n) is 7.72. The second-order valence-corrected chi connectivity index (χ2v) is 7.72. The van der Waals surface area contributed by atoms with Crippen LogP contribution in [0.4, 0.5) is 4.39 Å². The third-order valence-corrected chi connectivity index (χ3v) is 5.51. The van der Waals surface area contributed by atoms with Gasteiger partial charge in [0.05, 0.1) is 5.56 Å². The summed E-state index contributed by atoms with van der Waals surface area (Å²) in [4.78, 5) is 21.5. The molecule has 1 atom stereocenters. The molecule has 4 nitrogen and oxygen atoms in total. The van der Waals surface area contributed by atoms with Crippen molar-refractivity contribution in [3.05, 3.63) is 65.2 Å². The van der Waals surface area contributed by atoms with Crippen molar-refractivity contribution in [1.82, 2.24) is 14.8 Å². The molecule has 0 bridgehead atoms. The van der Waals surface area contributed by atoms with E-state index in [0.29, 0.717) is 18.0 Å². The molecule has 0 radical (unpaired) electrons. The lowest BCUT2D eigenvalue weighted by molar-refractivity contribution is 0.0690. The SMILES string of the molecule is CCN(C[C@@H]1CCCN(CCc2cccc(F)c2)C1)C(=O)c1ccc(C)nc1. The first kappa shape index (κ1) is 20.5. The van der Waals surface area contributed by atoms with E-state index in [2.05, 4.69) is 9.88 Å². The predicted molar refractivity (Wildman–Crippen MR) is 110 cm³/mol. The Labute approximate surface area is 167 Å². The number of aryl methyl sites for hydroxylation is 1. The summed E-state index contributed by atoms with van der Waals surface area (Å²) in [5, 5.41) is 0. The Kier molecular flexibility index (Phi) is 7.15. The third-order valence-electron chi connectivity index (χ3n) is 5.51. The van der Waals surface area contributed by atoms with Crippen LogP contribution in [0.3, 0.4) is 0 Å². The minimum atomic E-state index is -0.170. The number of amides is 1. The van der Waals surface area contributed by atoms with Gasteiger partial charge in [-0.05, 0) is 75.4 Å². The minimum absolute atomic E-state index is 0.0619. The maximum absolute atomic E-state index is 13.4. The van der Waals surface area contributed by atoms with E-state index in [0.717, 1.165) is 56.7 Å². The number of rotatable bonds is 7. The highest BCUT2D eigenvalue weighted by Gasteiger charge is 2.24. The molecule has 2 aromatic rings. The van der Waals surface area contributed by atoms with Crippen molar-refractivity contribution in [2.45, 2.75) is 33.1 Å². The molecule has 1 aromatic carbocycles. The smallest absolute Gasteiger partial charge is 0.255 e. The highest BCUT2D eigenvalue weighted by Crippen LogP contribution is 2.19. The van der Waals surface area contributed by atoms with Gasteiger partial charge in [0.25, 0.3) is 5.91 Å². The lowest BCUT2D eigenvalue weighted by atomic mass is 9.96. The van der Waals surface area contributed by atoms with Crippen LogP contribution in [0.5, 0.6) is 0 Å². The number of pyridine rings is 1. The molecule has 28 heavy (non-hydrogen) atoms. The van der Waals surface area contributed by atoms with E-state index in [-0.39, 0.29) is 11.7 Å². The Balaban J connectivity index is 1.54. The van der Waals surface area contributed by atoms with Gasteiger partial charge in [0.2, 0.25) is 0 Å². The van der Waals surface area contributed by atoms with Gasteiger partial charge in [0.1, 0.15) is 5.82 Å². The van der Waals surface area contributed by atoms with Gasteiger partial charge < -0.3 is 9.80 Å². The Morgan fingerprint density at radius 1 is 1.32 bits per heavy atom. The molecular weight excluding hydrogens is 353 g/mol. The molecule has 3 rings (SSSR count). The van der Waals surface area contributed by atoms with E-state index in [1.807, 2.05) is 36.9 Å². The average molecular weight is 384 g/mol. The van der Waals surface area contributed by atoms with Gasteiger partial charge in [-0.15, -0.1) is 0 Å². The van der Waals surface area contributed by atoms with Gasteiger partial charge >= 0.3 is 0 Å². The molecule has 1 aromatic heterocycles. The normalized spacial score (nSPS) is 17.5. The second kappa shape index (κ2) is 9.78. The zero-order chi connectivity index (χ0) is 19.9. The van der Waals surface area contributed by atoms with Crippen LogP contribution in [0.15, 0.2) is 42.6 Å². The molecule has 0 saturated carbocycles. The fraction of sp³-hybridized carbons (Fsp3) is 0.478. The number of benzene rings is 1. The number of carbonyl (C=O) groups is 1. The Hall–Kier alpha value is -2.27. The summed E-state index contributed by atoms with van der Waals surface area (Å²) in [6.45, 7) is 8.43. The van der Waals surface area contributed by atoms with Gasteiger partial charge in [-0.2, -0.15) is 0 Å². The molecule has 0 spiro atoms. The molecule has 1 amide bonds. The summed E-state index contributed by atoms with van der Waals surface area (Å²) in [5.74, 6) is 0.368. The minimum Gasteiger partial charge on any atom is -0.339 e. The molecule has 150 valence electrons. The topological polar surface area (TPSA) is 36.4 Å². The summed E-state index contributed by atoms with van der Waals surface area (Å²) in [6, 6.07) is 10.6. The monoisotopic (exact) mass is 383 g/mol. The molecule has 2 heterocycles. The molecule has 0 unspecified atom stereocenters. The van der Waals surface area contributed by atoms with E-state index in [4.69, 9.17) is 0 Å². The van der Waals surface area contributed by atoms with Crippen LogP contribution in [-0.4, -0.2) is 53.4 Å². The molecule has 1 aliphatic heterocycles. The van der Waals surface area contributed by atoms with Crippen molar-refractivity contribution in [3.8, 4) is 0 Å². The number of halogens is 1. The zero-order valence-corrected chi connectivity index (χ0v) is 16.9. The summed E-state index contributed by atoms with van der Waals surface area (Å²) in [6.07, 6.45) is 4.82. The lowest BCUT2D eigenvalue weighted by Crippen LogP contribution is -2.43. The summed E-state index contributed by atoms with van der Waals surface area (Å²) in [5.41, 5.74) is 2.62. The number of piperidine rings is 1. The predicted octanol–water partition coefficient (Wildman–Crippen LogP) is 3.95. The van der Waals surface area contributed by atoms with Gasteiger partial charge in [-0.3, -0.25) is 9.78 Å². The van der Waals surface area contributed by atoms with E-state index < -0.39 is 0 Å². The third kappa shape index (κ3) is 5.61. The number of nitrogens with zero attached hydrogens (tertiary/aromatic N) is 3. The first-order chi connectivity index (χ1) is 13.5. The number of hydrogen-bond donors (Lipinski definition) is 0. The van der Waals surface area contributed by atoms with Crippen molar-refractivity contribution in [2.24, 2.45) is 5.92 Å². The molecule has 0 N–H and O–H groups in total. The van der Waals surface area contributed by atoms with E-state index >= 15 is 0 Å². The van der Waals surface area contributed by atoms with Crippen molar-refractivity contribution in [1.29, 1.82) is 0 Å². The Bertz CT molecular complexity index is 778. The Morgan fingerprint density at radius 2 is 2.18 bits per heavy atom. The summed E-state index contributed by atoms with van der Waals surface area (Å²) >= 11 is 0. The van der Waals surface area contributed by atoms with E-state index in [1.165, 1.54) is 6.07 Å². The van der Waals surface area contributed by atoms with E-state index in [1.54, 1.807) is 18.3 Å². The summed E-state index contributed by atoms with van der Waals surface area (Å²) in [7, 11) is 0. The number of likely N-dealkylation sites (tertiary alicyclic amines) is 1. The van der Waals surface area contributed by atoms with Crippen molar-refractivity contribution in [3.63, 3.8) is 0 Å². The standard InChI is InChI=1S/C23H30FN3O/c1-3-27(23(28)21-10-9-18(2)25-15-21)17-20-7-5-12-26(16-20)13-11-19-6-4-8-22(24)14-19/h4,6,8-10,14-15,20H,3,5,7,11-13,16-17H2,1-2H3/t20-/m1/s1. The van der Waals surface area contributed by atoms with Crippen LogP contribution in [0.25, 0.3) is 0 Å². The molecule has 1 fully saturated rings.